The number of carbonyl (C=O) groups excluding carboxylic acids is 2. The molecule has 0 saturated carbocycles. The summed E-state index contributed by atoms with van der Waals surface area (Å²) in [6.07, 6.45) is 0. The van der Waals surface area contributed by atoms with Crippen molar-refractivity contribution >= 4 is 40.4 Å². The van der Waals surface area contributed by atoms with Crippen LogP contribution in [0.15, 0.2) is 23.7 Å². The number of rotatable bonds is 6. The highest BCUT2D eigenvalue weighted by Crippen LogP contribution is 2.25. The molecule has 0 spiro atoms. The van der Waals surface area contributed by atoms with Crippen molar-refractivity contribution in [1.82, 2.24) is 10.3 Å². The van der Waals surface area contributed by atoms with Gasteiger partial charge in [0.15, 0.2) is 0 Å². The third-order valence-electron chi connectivity index (χ3n) is 3.47. The zero-order chi connectivity index (χ0) is 18.6. The van der Waals surface area contributed by atoms with Crippen LogP contribution in [0.2, 0.25) is 5.02 Å². The van der Waals surface area contributed by atoms with Gasteiger partial charge >= 0.3 is 0 Å². The number of anilines is 1. The highest BCUT2D eigenvalue weighted by molar-refractivity contribution is 7.10. The van der Waals surface area contributed by atoms with Gasteiger partial charge in [0.25, 0.3) is 11.8 Å². The molecule has 0 atom stereocenters. The Morgan fingerprint density at radius 3 is 2.56 bits per heavy atom. The Hall–Kier alpha value is -1.92. The third kappa shape index (κ3) is 5.03. The van der Waals surface area contributed by atoms with Gasteiger partial charge in [-0.15, -0.1) is 11.3 Å². The Kier molecular flexibility index (Phi) is 6.56. The molecule has 0 bridgehead atoms. The van der Waals surface area contributed by atoms with E-state index in [9.17, 15) is 9.59 Å². The standard InChI is InChI=1S/C18H22ClN3O2S/c1-10(2)8-20-17(23)13-7-12(5-6-14(13)19)22-18(24)15-16(11(3)4)25-9-21-15/h5-7,9-11H,8H2,1-4H3,(H,20,23)(H,22,24). The van der Waals surface area contributed by atoms with E-state index < -0.39 is 0 Å². The quantitative estimate of drug-likeness (QED) is 0.772. The summed E-state index contributed by atoms with van der Waals surface area (Å²) in [7, 11) is 0. The maximum Gasteiger partial charge on any atom is 0.275 e. The summed E-state index contributed by atoms with van der Waals surface area (Å²) in [6, 6.07) is 4.85. The zero-order valence-electron chi connectivity index (χ0n) is 14.7. The largest absolute Gasteiger partial charge is 0.352 e. The molecule has 0 saturated heterocycles. The molecule has 1 aromatic carbocycles. The van der Waals surface area contributed by atoms with Crippen molar-refractivity contribution in [3.8, 4) is 0 Å². The number of hydrogen-bond donors (Lipinski definition) is 2. The van der Waals surface area contributed by atoms with Gasteiger partial charge in [0.2, 0.25) is 0 Å². The summed E-state index contributed by atoms with van der Waals surface area (Å²) in [6.45, 7) is 8.62. The van der Waals surface area contributed by atoms with E-state index >= 15 is 0 Å². The van der Waals surface area contributed by atoms with Crippen molar-refractivity contribution in [2.45, 2.75) is 33.6 Å². The van der Waals surface area contributed by atoms with Crippen LogP contribution < -0.4 is 10.6 Å². The van der Waals surface area contributed by atoms with Gasteiger partial charge in [-0.05, 0) is 30.0 Å². The van der Waals surface area contributed by atoms with Gasteiger partial charge in [-0.1, -0.05) is 39.3 Å². The second-order valence-corrected chi connectivity index (χ2v) is 7.77. The zero-order valence-corrected chi connectivity index (χ0v) is 16.3. The molecule has 134 valence electrons. The Morgan fingerprint density at radius 2 is 1.92 bits per heavy atom. The number of amides is 2. The first-order chi connectivity index (χ1) is 11.8. The molecule has 0 fully saturated rings. The minimum absolute atomic E-state index is 0.218. The molecule has 5 nitrogen and oxygen atoms in total. The Labute approximate surface area is 156 Å². The molecular weight excluding hydrogens is 358 g/mol. The number of hydrogen-bond acceptors (Lipinski definition) is 4. The van der Waals surface area contributed by atoms with Crippen LogP contribution in [0, 0.1) is 5.92 Å². The van der Waals surface area contributed by atoms with Gasteiger partial charge in [0.05, 0.1) is 16.1 Å². The van der Waals surface area contributed by atoms with Gasteiger partial charge in [0.1, 0.15) is 5.69 Å². The molecule has 0 aliphatic carbocycles. The molecule has 7 heteroatoms. The van der Waals surface area contributed by atoms with E-state index in [2.05, 4.69) is 15.6 Å². The van der Waals surface area contributed by atoms with E-state index in [0.717, 1.165) is 4.88 Å². The topological polar surface area (TPSA) is 71.1 Å². The molecular formula is C18H22ClN3O2S. The van der Waals surface area contributed by atoms with E-state index in [1.54, 1.807) is 23.7 Å². The average molecular weight is 380 g/mol. The van der Waals surface area contributed by atoms with Crippen LogP contribution in [0.1, 0.15) is 59.3 Å². The highest BCUT2D eigenvalue weighted by Gasteiger charge is 2.18. The van der Waals surface area contributed by atoms with Gasteiger partial charge < -0.3 is 10.6 Å². The number of benzene rings is 1. The number of carbonyl (C=O) groups is 2. The smallest absolute Gasteiger partial charge is 0.275 e. The summed E-state index contributed by atoms with van der Waals surface area (Å²) < 4.78 is 0. The molecule has 25 heavy (non-hydrogen) atoms. The summed E-state index contributed by atoms with van der Waals surface area (Å²) >= 11 is 7.58. The molecule has 0 aliphatic heterocycles. The predicted molar refractivity (Wildman–Crippen MR) is 103 cm³/mol. The van der Waals surface area contributed by atoms with Crippen molar-refractivity contribution in [2.24, 2.45) is 5.92 Å². The predicted octanol–water partition coefficient (Wildman–Crippen LogP) is 4.56. The second-order valence-electron chi connectivity index (χ2n) is 6.47. The van der Waals surface area contributed by atoms with Gasteiger partial charge in [-0.2, -0.15) is 0 Å². The minimum Gasteiger partial charge on any atom is -0.352 e. The number of halogens is 1. The minimum atomic E-state index is -0.291. The fraction of sp³-hybridized carbons (Fsp3) is 0.389. The first kappa shape index (κ1) is 19.4. The molecule has 1 heterocycles. The SMILES string of the molecule is CC(C)CNC(=O)c1cc(NC(=O)c2ncsc2C(C)C)ccc1Cl. The lowest BCUT2D eigenvalue weighted by Crippen LogP contribution is -2.27. The van der Waals surface area contributed by atoms with E-state index in [0.29, 0.717) is 34.4 Å². The maximum atomic E-state index is 12.5. The third-order valence-corrected chi connectivity index (χ3v) is 4.93. The number of nitrogens with one attached hydrogen (secondary N) is 2. The van der Waals surface area contributed by atoms with E-state index in [-0.39, 0.29) is 17.7 Å². The summed E-state index contributed by atoms with van der Waals surface area (Å²) in [5.74, 6) is 0.00714. The van der Waals surface area contributed by atoms with Gasteiger partial charge in [-0.3, -0.25) is 9.59 Å². The second kappa shape index (κ2) is 8.45. The van der Waals surface area contributed by atoms with Crippen LogP contribution in [0.3, 0.4) is 0 Å². The molecule has 2 rings (SSSR count). The summed E-state index contributed by atoms with van der Waals surface area (Å²) in [5.41, 5.74) is 2.92. The lowest BCUT2D eigenvalue weighted by molar-refractivity contribution is 0.0947. The highest BCUT2D eigenvalue weighted by atomic mass is 35.5. The molecule has 2 N–H and O–H groups in total. The molecule has 2 aromatic rings. The lowest BCUT2D eigenvalue weighted by Gasteiger charge is -2.11. The summed E-state index contributed by atoms with van der Waals surface area (Å²) in [4.78, 5) is 29.8. The Morgan fingerprint density at radius 1 is 1.20 bits per heavy atom. The van der Waals surface area contributed by atoms with Crippen LogP contribution in [-0.4, -0.2) is 23.3 Å². The van der Waals surface area contributed by atoms with Crippen LogP contribution in [0.25, 0.3) is 0 Å². The van der Waals surface area contributed by atoms with Crippen molar-refractivity contribution in [1.29, 1.82) is 0 Å². The van der Waals surface area contributed by atoms with Crippen LogP contribution in [0.4, 0.5) is 5.69 Å². The first-order valence-corrected chi connectivity index (χ1v) is 9.37. The van der Waals surface area contributed by atoms with Crippen molar-refractivity contribution in [3.05, 3.63) is 44.9 Å². The molecule has 0 aliphatic rings. The normalized spacial score (nSPS) is 11.0. The van der Waals surface area contributed by atoms with Gasteiger partial charge in [0, 0.05) is 17.1 Å². The van der Waals surface area contributed by atoms with Crippen LogP contribution in [0.5, 0.6) is 0 Å². The van der Waals surface area contributed by atoms with Crippen LogP contribution in [-0.2, 0) is 0 Å². The van der Waals surface area contributed by atoms with Crippen molar-refractivity contribution in [3.63, 3.8) is 0 Å². The van der Waals surface area contributed by atoms with Crippen LogP contribution >= 0.6 is 22.9 Å². The number of aromatic nitrogens is 1. The molecule has 0 unspecified atom stereocenters. The van der Waals surface area contributed by atoms with E-state index in [1.807, 2.05) is 27.7 Å². The Bertz CT molecular complexity index is 771. The van der Waals surface area contributed by atoms with Crippen molar-refractivity contribution in [2.75, 3.05) is 11.9 Å². The maximum absolute atomic E-state index is 12.5. The van der Waals surface area contributed by atoms with E-state index in [4.69, 9.17) is 11.6 Å². The van der Waals surface area contributed by atoms with Gasteiger partial charge in [-0.25, -0.2) is 4.98 Å². The fourth-order valence-electron chi connectivity index (χ4n) is 2.19. The van der Waals surface area contributed by atoms with E-state index in [1.165, 1.54) is 11.3 Å². The van der Waals surface area contributed by atoms with Crippen molar-refractivity contribution < 1.29 is 9.59 Å². The average Bonchev–Trinajstić information content (AvgIpc) is 3.04. The molecule has 2 amide bonds. The molecule has 0 radical (unpaired) electrons. The Balaban J connectivity index is 2.17. The monoisotopic (exact) mass is 379 g/mol. The number of nitrogens with zero attached hydrogens (tertiary/aromatic N) is 1. The number of thiazole rings is 1. The summed E-state index contributed by atoms with van der Waals surface area (Å²) in [5, 5.41) is 5.96. The fourth-order valence-corrected chi connectivity index (χ4v) is 3.20. The first-order valence-electron chi connectivity index (χ1n) is 8.12. The molecule has 1 aromatic heterocycles. The lowest BCUT2D eigenvalue weighted by atomic mass is 10.1.